The van der Waals surface area contributed by atoms with Gasteiger partial charge < -0.3 is 10.2 Å². The van der Waals surface area contributed by atoms with E-state index in [0.29, 0.717) is 0 Å². The summed E-state index contributed by atoms with van der Waals surface area (Å²) in [6.07, 6.45) is 5.42. The van der Waals surface area contributed by atoms with Gasteiger partial charge in [-0.05, 0) is 70.6 Å². The molecule has 0 radical (unpaired) electrons. The Bertz CT molecular complexity index is 223. The number of nitrogens with one attached hydrogen (secondary N) is 1. The Morgan fingerprint density at radius 2 is 1.67 bits per heavy atom. The highest BCUT2D eigenvalue weighted by Gasteiger charge is 2.22. The topological polar surface area (TPSA) is 15.3 Å². The van der Waals surface area contributed by atoms with E-state index in [1.165, 1.54) is 64.0 Å². The Hall–Kier alpha value is -0.340. The van der Waals surface area contributed by atoms with Crippen LogP contribution >= 0.6 is 0 Å². The molecule has 0 spiro atoms. The number of likely N-dealkylation sites (tertiary alicyclic amines) is 1. The van der Waals surface area contributed by atoms with Gasteiger partial charge in [-0.2, -0.15) is 0 Å². The molecule has 0 bridgehead atoms. The number of hydrogen-bond donors (Lipinski definition) is 1. The van der Waals surface area contributed by atoms with Crippen molar-refractivity contribution in [3.05, 3.63) is 12.2 Å². The van der Waals surface area contributed by atoms with Crippen LogP contribution in [0.25, 0.3) is 0 Å². The Labute approximate surface area is 114 Å². The molecule has 2 heteroatoms. The third kappa shape index (κ3) is 5.11. The van der Waals surface area contributed by atoms with Gasteiger partial charge in [-0.1, -0.05) is 26.0 Å². The van der Waals surface area contributed by atoms with Crippen LogP contribution in [0.2, 0.25) is 0 Å². The monoisotopic (exact) mass is 252 g/mol. The molecule has 2 aliphatic rings. The zero-order valence-electron chi connectivity index (χ0n) is 12.7. The lowest BCUT2D eigenvalue weighted by molar-refractivity contribution is 0.158. The molecule has 0 aromatic carbocycles. The van der Waals surface area contributed by atoms with E-state index in [1.807, 2.05) is 13.8 Å². The van der Waals surface area contributed by atoms with Gasteiger partial charge in [-0.15, -0.1) is 0 Å². The van der Waals surface area contributed by atoms with Crippen LogP contribution in [0, 0.1) is 11.8 Å². The third-order valence-electron chi connectivity index (χ3n) is 4.26. The highest BCUT2D eigenvalue weighted by atomic mass is 15.1. The summed E-state index contributed by atoms with van der Waals surface area (Å²) in [5.41, 5.74) is 1.39. The molecule has 2 rings (SSSR count). The Morgan fingerprint density at radius 1 is 1.11 bits per heavy atom. The minimum absolute atomic E-state index is 0.796. The molecule has 2 nitrogen and oxygen atoms in total. The summed E-state index contributed by atoms with van der Waals surface area (Å²) in [5.74, 6) is 1.74. The van der Waals surface area contributed by atoms with E-state index in [9.17, 15) is 0 Å². The van der Waals surface area contributed by atoms with Crippen molar-refractivity contribution in [1.82, 2.24) is 10.2 Å². The summed E-state index contributed by atoms with van der Waals surface area (Å²) >= 11 is 0. The molecular formula is C16H32N2. The fourth-order valence-corrected chi connectivity index (χ4v) is 3.04. The molecule has 0 aromatic heterocycles. The highest BCUT2D eigenvalue weighted by Crippen LogP contribution is 2.24. The Balaban J connectivity index is 0.000000771. The lowest BCUT2D eigenvalue weighted by Gasteiger charge is -2.35. The first kappa shape index (κ1) is 15.7. The predicted octanol–water partition coefficient (Wildman–Crippen LogP) is 3.30. The molecule has 2 saturated heterocycles. The quantitative estimate of drug-likeness (QED) is 0.775. The summed E-state index contributed by atoms with van der Waals surface area (Å²) in [5, 5.41) is 3.44. The van der Waals surface area contributed by atoms with E-state index < -0.39 is 0 Å². The van der Waals surface area contributed by atoms with Gasteiger partial charge in [0.2, 0.25) is 0 Å². The molecule has 0 atom stereocenters. The van der Waals surface area contributed by atoms with Gasteiger partial charge in [0.25, 0.3) is 0 Å². The molecule has 106 valence electrons. The molecule has 0 saturated carbocycles. The minimum atomic E-state index is 0.796. The zero-order chi connectivity index (χ0) is 13.4. The fourth-order valence-electron chi connectivity index (χ4n) is 3.04. The standard InChI is InChI=1S/C14H26N2.C2H6/c1-12(2)14-5-9-16(10-6-14)11-13-3-7-15-8-4-13;1-2/h13-15H,1,3-11H2,2H3;1-2H3. The molecule has 2 heterocycles. The van der Waals surface area contributed by atoms with Gasteiger partial charge in [0.15, 0.2) is 0 Å². The van der Waals surface area contributed by atoms with Crippen LogP contribution in [0.4, 0.5) is 0 Å². The number of hydrogen-bond acceptors (Lipinski definition) is 2. The van der Waals surface area contributed by atoms with Crippen molar-refractivity contribution < 1.29 is 0 Å². The third-order valence-corrected chi connectivity index (χ3v) is 4.26. The second-order valence-corrected chi connectivity index (χ2v) is 5.61. The van der Waals surface area contributed by atoms with Crippen LogP contribution in [0.3, 0.4) is 0 Å². The van der Waals surface area contributed by atoms with Crippen molar-refractivity contribution in [1.29, 1.82) is 0 Å². The molecule has 0 aromatic rings. The number of piperidine rings is 2. The summed E-state index contributed by atoms with van der Waals surface area (Å²) in [7, 11) is 0. The summed E-state index contributed by atoms with van der Waals surface area (Å²) in [6.45, 7) is 16.7. The van der Waals surface area contributed by atoms with Crippen molar-refractivity contribution in [2.24, 2.45) is 11.8 Å². The van der Waals surface area contributed by atoms with Crippen LogP contribution < -0.4 is 5.32 Å². The average molecular weight is 252 g/mol. The molecule has 0 amide bonds. The molecule has 0 unspecified atom stereocenters. The lowest BCUT2D eigenvalue weighted by atomic mass is 9.89. The van der Waals surface area contributed by atoms with Gasteiger partial charge in [0.1, 0.15) is 0 Å². The smallest absolute Gasteiger partial charge is 0.00106 e. The van der Waals surface area contributed by atoms with Crippen LogP contribution in [-0.2, 0) is 0 Å². The number of allylic oxidation sites excluding steroid dienone is 1. The molecule has 2 aliphatic heterocycles. The first-order valence-corrected chi connectivity index (χ1v) is 7.84. The van der Waals surface area contributed by atoms with Crippen molar-refractivity contribution in [2.45, 2.75) is 46.5 Å². The maximum Gasteiger partial charge on any atom is 0.00106 e. The SMILES string of the molecule is C=C(C)C1CCN(CC2CCNCC2)CC1.CC. The van der Waals surface area contributed by atoms with Crippen LogP contribution in [0.1, 0.15) is 46.5 Å². The predicted molar refractivity (Wildman–Crippen MR) is 80.9 cm³/mol. The van der Waals surface area contributed by atoms with Gasteiger partial charge in [-0.25, -0.2) is 0 Å². The maximum atomic E-state index is 4.09. The van der Waals surface area contributed by atoms with E-state index in [-0.39, 0.29) is 0 Å². The zero-order valence-corrected chi connectivity index (χ0v) is 12.7. The van der Waals surface area contributed by atoms with Crippen molar-refractivity contribution >= 4 is 0 Å². The van der Waals surface area contributed by atoms with Crippen LogP contribution in [0.5, 0.6) is 0 Å². The molecule has 0 aliphatic carbocycles. The van der Waals surface area contributed by atoms with Gasteiger partial charge in [0, 0.05) is 6.54 Å². The van der Waals surface area contributed by atoms with Crippen molar-refractivity contribution in [3.8, 4) is 0 Å². The van der Waals surface area contributed by atoms with Crippen LogP contribution in [0.15, 0.2) is 12.2 Å². The maximum absolute atomic E-state index is 4.09. The highest BCUT2D eigenvalue weighted by molar-refractivity contribution is 4.98. The second kappa shape index (κ2) is 8.71. The normalized spacial score (nSPS) is 23.3. The summed E-state index contributed by atoms with van der Waals surface area (Å²) in [6, 6.07) is 0. The van der Waals surface area contributed by atoms with Crippen LogP contribution in [-0.4, -0.2) is 37.6 Å². The molecule has 18 heavy (non-hydrogen) atoms. The Morgan fingerprint density at radius 3 is 2.17 bits per heavy atom. The summed E-state index contributed by atoms with van der Waals surface area (Å²) < 4.78 is 0. The first-order valence-electron chi connectivity index (χ1n) is 7.84. The average Bonchev–Trinajstić information content (AvgIpc) is 2.43. The number of nitrogens with zero attached hydrogens (tertiary/aromatic N) is 1. The van der Waals surface area contributed by atoms with Gasteiger partial charge >= 0.3 is 0 Å². The second-order valence-electron chi connectivity index (χ2n) is 5.61. The largest absolute Gasteiger partial charge is 0.317 e. The van der Waals surface area contributed by atoms with E-state index in [1.54, 1.807) is 0 Å². The summed E-state index contributed by atoms with van der Waals surface area (Å²) in [4.78, 5) is 2.68. The van der Waals surface area contributed by atoms with Crippen molar-refractivity contribution in [2.75, 3.05) is 32.7 Å². The molecule has 1 N–H and O–H groups in total. The van der Waals surface area contributed by atoms with E-state index in [4.69, 9.17) is 0 Å². The number of rotatable bonds is 3. The van der Waals surface area contributed by atoms with E-state index >= 15 is 0 Å². The minimum Gasteiger partial charge on any atom is -0.317 e. The molecule has 2 fully saturated rings. The van der Waals surface area contributed by atoms with Gasteiger partial charge in [0.05, 0.1) is 0 Å². The van der Waals surface area contributed by atoms with Crippen molar-refractivity contribution in [3.63, 3.8) is 0 Å². The lowest BCUT2D eigenvalue weighted by Crippen LogP contribution is -2.40. The first-order chi connectivity index (χ1) is 8.75. The van der Waals surface area contributed by atoms with E-state index in [2.05, 4.69) is 23.7 Å². The Kier molecular flexibility index (Phi) is 7.60. The van der Waals surface area contributed by atoms with Gasteiger partial charge in [-0.3, -0.25) is 0 Å². The molecular weight excluding hydrogens is 220 g/mol. The fraction of sp³-hybridized carbons (Fsp3) is 0.875. The van der Waals surface area contributed by atoms with E-state index in [0.717, 1.165) is 11.8 Å².